The van der Waals surface area contributed by atoms with Gasteiger partial charge in [0.15, 0.2) is 0 Å². The van der Waals surface area contributed by atoms with E-state index in [1.807, 2.05) is 30.3 Å². The van der Waals surface area contributed by atoms with Crippen molar-refractivity contribution in [2.45, 2.75) is 19.4 Å². The summed E-state index contributed by atoms with van der Waals surface area (Å²) in [6.45, 7) is 0.875. The van der Waals surface area contributed by atoms with Crippen LogP contribution >= 0.6 is 11.6 Å². The van der Waals surface area contributed by atoms with Crippen LogP contribution in [0, 0.1) is 0 Å². The molecule has 1 aliphatic heterocycles. The Kier molecular flexibility index (Phi) is 5.53. The maximum absolute atomic E-state index is 12.8. The number of benzene rings is 2. The summed E-state index contributed by atoms with van der Waals surface area (Å²) >= 11 is 6.23. The SMILES string of the molecule is CN(Cc1ccccc1)C(=O)c1cc(N2CCCCS2(=O)=O)ccc1Cl. The second-order valence-electron chi connectivity index (χ2n) is 6.41. The van der Waals surface area contributed by atoms with E-state index in [1.165, 1.54) is 4.31 Å². The van der Waals surface area contributed by atoms with Gasteiger partial charge in [-0.2, -0.15) is 0 Å². The molecule has 1 saturated heterocycles. The average molecular weight is 393 g/mol. The van der Waals surface area contributed by atoms with Crippen LogP contribution in [0.3, 0.4) is 0 Å². The van der Waals surface area contributed by atoms with Crippen LogP contribution < -0.4 is 4.31 Å². The Morgan fingerprint density at radius 2 is 1.88 bits per heavy atom. The molecule has 3 rings (SSSR count). The first-order valence-electron chi connectivity index (χ1n) is 8.48. The lowest BCUT2D eigenvalue weighted by molar-refractivity contribution is 0.0785. The molecule has 0 aromatic heterocycles. The molecule has 7 heteroatoms. The monoisotopic (exact) mass is 392 g/mol. The fourth-order valence-electron chi connectivity index (χ4n) is 3.05. The zero-order valence-corrected chi connectivity index (χ0v) is 16.1. The van der Waals surface area contributed by atoms with Crippen LogP contribution in [0.2, 0.25) is 5.02 Å². The number of carbonyl (C=O) groups is 1. The van der Waals surface area contributed by atoms with Crippen LogP contribution in [0.5, 0.6) is 0 Å². The number of hydrogen-bond acceptors (Lipinski definition) is 3. The minimum absolute atomic E-state index is 0.132. The summed E-state index contributed by atoms with van der Waals surface area (Å²) in [7, 11) is -1.63. The highest BCUT2D eigenvalue weighted by Crippen LogP contribution is 2.28. The minimum Gasteiger partial charge on any atom is -0.337 e. The Morgan fingerprint density at radius 1 is 1.15 bits per heavy atom. The summed E-state index contributed by atoms with van der Waals surface area (Å²) in [4.78, 5) is 14.4. The second-order valence-corrected chi connectivity index (χ2v) is 8.83. The van der Waals surface area contributed by atoms with E-state index in [0.29, 0.717) is 35.8 Å². The fourth-order valence-corrected chi connectivity index (χ4v) is 4.88. The molecule has 0 bridgehead atoms. The summed E-state index contributed by atoms with van der Waals surface area (Å²) in [5.41, 5.74) is 1.81. The van der Waals surface area contributed by atoms with Gasteiger partial charge in [0, 0.05) is 20.1 Å². The molecule has 0 atom stereocenters. The van der Waals surface area contributed by atoms with Crippen LogP contribution in [0.1, 0.15) is 28.8 Å². The molecule has 0 aliphatic carbocycles. The Bertz CT molecular complexity index is 900. The first kappa shape index (κ1) is 18.7. The van der Waals surface area contributed by atoms with Crippen LogP contribution in [-0.4, -0.2) is 38.6 Å². The molecule has 2 aromatic rings. The van der Waals surface area contributed by atoms with Crippen molar-refractivity contribution in [1.29, 1.82) is 0 Å². The molecular formula is C19H21ClN2O3S. The Labute approximate surface area is 159 Å². The summed E-state index contributed by atoms with van der Waals surface area (Å²) < 4.78 is 26.0. The normalized spacial score (nSPS) is 16.3. The van der Waals surface area contributed by atoms with Gasteiger partial charge in [-0.25, -0.2) is 8.42 Å². The van der Waals surface area contributed by atoms with Gasteiger partial charge in [0.05, 0.1) is 22.0 Å². The maximum Gasteiger partial charge on any atom is 0.255 e. The lowest BCUT2D eigenvalue weighted by atomic mass is 10.1. The van der Waals surface area contributed by atoms with Crippen LogP contribution in [0.15, 0.2) is 48.5 Å². The van der Waals surface area contributed by atoms with Crippen LogP contribution in [0.25, 0.3) is 0 Å². The molecule has 1 fully saturated rings. The molecule has 1 heterocycles. The number of rotatable bonds is 4. The van der Waals surface area contributed by atoms with Gasteiger partial charge in [-0.15, -0.1) is 0 Å². The van der Waals surface area contributed by atoms with Gasteiger partial charge >= 0.3 is 0 Å². The number of halogens is 1. The molecular weight excluding hydrogens is 372 g/mol. The number of hydrogen-bond donors (Lipinski definition) is 0. The van der Waals surface area contributed by atoms with E-state index < -0.39 is 10.0 Å². The number of carbonyl (C=O) groups excluding carboxylic acids is 1. The van der Waals surface area contributed by atoms with Crippen molar-refractivity contribution in [1.82, 2.24) is 4.90 Å². The molecule has 138 valence electrons. The fraction of sp³-hybridized carbons (Fsp3) is 0.316. The van der Waals surface area contributed by atoms with Gasteiger partial charge in [0.25, 0.3) is 5.91 Å². The van der Waals surface area contributed by atoms with E-state index in [1.54, 1.807) is 30.1 Å². The number of nitrogens with zero attached hydrogens (tertiary/aromatic N) is 2. The van der Waals surface area contributed by atoms with Gasteiger partial charge in [0.2, 0.25) is 10.0 Å². The summed E-state index contributed by atoms with van der Waals surface area (Å²) in [6, 6.07) is 14.5. The molecule has 1 amide bonds. The third-order valence-electron chi connectivity index (χ3n) is 4.43. The van der Waals surface area contributed by atoms with Crippen LogP contribution in [-0.2, 0) is 16.6 Å². The Balaban J connectivity index is 1.86. The van der Waals surface area contributed by atoms with Crippen LogP contribution in [0.4, 0.5) is 5.69 Å². The van der Waals surface area contributed by atoms with Gasteiger partial charge in [-0.3, -0.25) is 9.10 Å². The van der Waals surface area contributed by atoms with Crippen molar-refractivity contribution < 1.29 is 13.2 Å². The maximum atomic E-state index is 12.8. The van der Waals surface area contributed by atoms with Crippen molar-refractivity contribution in [2.75, 3.05) is 23.7 Å². The number of anilines is 1. The summed E-state index contributed by atoms with van der Waals surface area (Å²) in [6.07, 6.45) is 1.47. The quantitative estimate of drug-likeness (QED) is 0.799. The largest absolute Gasteiger partial charge is 0.337 e. The van der Waals surface area contributed by atoms with Gasteiger partial charge in [-0.05, 0) is 36.6 Å². The molecule has 1 aliphatic rings. The van der Waals surface area contributed by atoms with Crippen molar-refractivity contribution >= 4 is 33.2 Å². The van der Waals surface area contributed by atoms with E-state index in [4.69, 9.17) is 11.6 Å². The smallest absolute Gasteiger partial charge is 0.255 e. The van der Waals surface area contributed by atoms with Crippen molar-refractivity contribution in [3.8, 4) is 0 Å². The lowest BCUT2D eigenvalue weighted by Gasteiger charge is -2.29. The zero-order valence-electron chi connectivity index (χ0n) is 14.6. The molecule has 0 spiro atoms. The molecule has 0 unspecified atom stereocenters. The van der Waals surface area contributed by atoms with Crippen molar-refractivity contribution in [3.63, 3.8) is 0 Å². The first-order valence-corrected chi connectivity index (χ1v) is 10.5. The predicted molar refractivity (Wildman–Crippen MR) is 104 cm³/mol. The van der Waals surface area contributed by atoms with E-state index in [-0.39, 0.29) is 11.7 Å². The first-order chi connectivity index (χ1) is 12.4. The predicted octanol–water partition coefficient (Wildman–Crippen LogP) is 3.54. The lowest BCUT2D eigenvalue weighted by Crippen LogP contribution is -2.38. The summed E-state index contributed by atoms with van der Waals surface area (Å²) in [5.74, 6) is -0.109. The van der Waals surface area contributed by atoms with Crippen molar-refractivity contribution in [3.05, 3.63) is 64.7 Å². The third-order valence-corrected chi connectivity index (χ3v) is 6.63. The highest BCUT2D eigenvalue weighted by atomic mass is 35.5. The minimum atomic E-state index is -3.34. The molecule has 0 N–H and O–H groups in total. The second kappa shape index (κ2) is 7.68. The molecule has 0 radical (unpaired) electrons. The van der Waals surface area contributed by atoms with Crippen molar-refractivity contribution in [2.24, 2.45) is 0 Å². The Hall–Kier alpha value is -2.05. The number of sulfonamides is 1. The van der Waals surface area contributed by atoms with E-state index in [9.17, 15) is 13.2 Å². The van der Waals surface area contributed by atoms with Gasteiger partial charge in [0.1, 0.15) is 0 Å². The molecule has 0 saturated carbocycles. The van der Waals surface area contributed by atoms with Gasteiger partial charge in [-0.1, -0.05) is 41.9 Å². The number of amides is 1. The zero-order chi connectivity index (χ0) is 18.7. The average Bonchev–Trinajstić information content (AvgIpc) is 2.62. The standard InChI is InChI=1S/C19H21ClN2O3S/c1-21(14-15-7-3-2-4-8-15)19(23)17-13-16(9-10-18(17)20)22-11-5-6-12-26(22,24)25/h2-4,7-10,13H,5-6,11-12,14H2,1H3. The third kappa shape index (κ3) is 4.02. The molecule has 26 heavy (non-hydrogen) atoms. The molecule has 2 aromatic carbocycles. The highest BCUT2D eigenvalue weighted by molar-refractivity contribution is 7.92. The summed E-state index contributed by atoms with van der Waals surface area (Å²) in [5, 5.41) is 0.313. The van der Waals surface area contributed by atoms with E-state index in [0.717, 1.165) is 12.0 Å². The molecule has 5 nitrogen and oxygen atoms in total. The van der Waals surface area contributed by atoms with E-state index in [2.05, 4.69) is 0 Å². The Morgan fingerprint density at radius 3 is 2.58 bits per heavy atom. The highest BCUT2D eigenvalue weighted by Gasteiger charge is 2.27. The van der Waals surface area contributed by atoms with Gasteiger partial charge < -0.3 is 4.90 Å². The topological polar surface area (TPSA) is 57.7 Å². The van der Waals surface area contributed by atoms with E-state index >= 15 is 0 Å².